The Morgan fingerprint density at radius 2 is 2.31 bits per heavy atom. The van der Waals surface area contributed by atoms with Crippen molar-refractivity contribution in [1.82, 2.24) is 10.6 Å². The third-order valence-electron chi connectivity index (χ3n) is 2.52. The second-order valence-electron chi connectivity index (χ2n) is 3.65. The standard InChI is InChI=1S/C10H16N2O4/c1-3-6(10(15)16-2)12-9(14)7-4-5-8(13)11-7/h6-7H,3-5H2,1-2H3,(H,11,13)(H,12,14)/t6-,7-/m1/s1. The summed E-state index contributed by atoms with van der Waals surface area (Å²) >= 11 is 0. The molecule has 1 rings (SSSR count). The van der Waals surface area contributed by atoms with E-state index >= 15 is 0 Å². The number of ether oxygens (including phenoxy) is 1. The van der Waals surface area contributed by atoms with Gasteiger partial charge in [0.1, 0.15) is 12.1 Å². The summed E-state index contributed by atoms with van der Waals surface area (Å²) in [4.78, 5) is 33.8. The van der Waals surface area contributed by atoms with E-state index in [9.17, 15) is 14.4 Å². The Hall–Kier alpha value is -1.59. The summed E-state index contributed by atoms with van der Waals surface area (Å²) in [5, 5.41) is 5.09. The van der Waals surface area contributed by atoms with E-state index in [0.29, 0.717) is 19.3 Å². The highest BCUT2D eigenvalue weighted by Crippen LogP contribution is 2.07. The smallest absolute Gasteiger partial charge is 0.328 e. The lowest BCUT2D eigenvalue weighted by atomic mass is 10.1. The SMILES string of the molecule is CC[C@@H](NC(=O)[C@H]1CCC(=O)N1)C(=O)OC. The van der Waals surface area contributed by atoms with E-state index in [1.165, 1.54) is 7.11 Å². The minimum atomic E-state index is -0.644. The van der Waals surface area contributed by atoms with Crippen molar-refractivity contribution in [2.24, 2.45) is 0 Å². The van der Waals surface area contributed by atoms with E-state index in [0.717, 1.165) is 0 Å². The molecule has 0 spiro atoms. The summed E-state index contributed by atoms with van der Waals surface area (Å²) in [5.41, 5.74) is 0. The summed E-state index contributed by atoms with van der Waals surface area (Å²) in [6.07, 6.45) is 1.29. The Labute approximate surface area is 93.7 Å². The van der Waals surface area contributed by atoms with Gasteiger partial charge in [0.25, 0.3) is 0 Å². The van der Waals surface area contributed by atoms with Crippen LogP contribution in [0, 0.1) is 0 Å². The molecule has 0 bridgehead atoms. The third-order valence-corrected chi connectivity index (χ3v) is 2.52. The number of esters is 1. The average molecular weight is 228 g/mol. The topological polar surface area (TPSA) is 84.5 Å². The third kappa shape index (κ3) is 2.95. The van der Waals surface area contributed by atoms with Gasteiger partial charge in [-0.2, -0.15) is 0 Å². The van der Waals surface area contributed by atoms with Gasteiger partial charge in [-0.05, 0) is 12.8 Å². The normalized spacial score (nSPS) is 21.1. The maximum absolute atomic E-state index is 11.6. The molecule has 90 valence electrons. The summed E-state index contributed by atoms with van der Waals surface area (Å²) in [5.74, 6) is -0.936. The van der Waals surface area contributed by atoms with Crippen LogP contribution in [0.2, 0.25) is 0 Å². The van der Waals surface area contributed by atoms with Gasteiger partial charge in [-0.1, -0.05) is 6.92 Å². The number of hydrogen-bond acceptors (Lipinski definition) is 4. The van der Waals surface area contributed by atoms with Crippen molar-refractivity contribution in [3.8, 4) is 0 Å². The molecule has 1 aliphatic heterocycles. The van der Waals surface area contributed by atoms with E-state index in [4.69, 9.17) is 0 Å². The Kier molecular flexibility index (Phi) is 4.28. The molecule has 1 aliphatic rings. The maximum atomic E-state index is 11.6. The number of rotatable bonds is 4. The van der Waals surface area contributed by atoms with Crippen LogP contribution < -0.4 is 10.6 Å². The van der Waals surface area contributed by atoms with Crippen LogP contribution >= 0.6 is 0 Å². The van der Waals surface area contributed by atoms with Gasteiger partial charge in [0.15, 0.2) is 0 Å². The van der Waals surface area contributed by atoms with Gasteiger partial charge >= 0.3 is 5.97 Å². The molecule has 2 atom stereocenters. The summed E-state index contributed by atoms with van der Waals surface area (Å²) in [6, 6.07) is -1.17. The van der Waals surface area contributed by atoms with Crippen molar-refractivity contribution in [1.29, 1.82) is 0 Å². The lowest BCUT2D eigenvalue weighted by molar-refractivity contribution is -0.145. The van der Waals surface area contributed by atoms with E-state index in [-0.39, 0.29) is 11.8 Å². The average Bonchev–Trinajstić information content (AvgIpc) is 2.71. The predicted octanol–water partition coefficient (Wildman–Crippen LogP) is -0.667. The van der Waals surface area contributed by atoms with Crippen LogP contribution in [0.5, 0.6) is 0 Å². The van der Waals surface area contributed by atoms with Gasteiger partial charge in [-0.3, -0.25) is 9.59 Å². The number of nitrogens with one attached hydrogen (secondary N) is 2. The Morgan fingerprint density at radius 1 is 1.62 bits per heavy atom. The minimum absolute atomic E-state index is 0.133. The molecule has 1 fully saturated rings. The van der Waals surface area contributed by atoms with Crippen molar-refractivity contribution < 1.29 is 19.1 Å². The minimum Gasteiger partial charge on any atom is -0.467 e. The molecule has 0 aromatic rings. The van der Waals surface area contributed by atoms with Crippen LogP contribution in [0.15, 0.2) is 0 Å². The van der Waals surface area contributed by atoms with E-state index in [2.05, 4.69) is 15.4 Å². The van der Waals surface area contributed by atoms with Crippen molar-refractivity contribution in [2.75, 3.05) is 7.11 Å². The van der Waals surface area contributed by atoms with Gasteiger partial charge in [-0.15, -0.1) is 0 Å². The van der Waals surface area contributed by atoms with Crippen molar-refractivity contribution in [3.63, 3.8) is 0 Å². The summed E-state index contributed by atoms with van der Waals surface area (Å²) < 4.78 is 4.55. The van der Waals surface area contributed by atoms with Gasteiger partial charge in [0.05, 0.1) is 7.11 Å². The molecular weight excluding hydrogens is 212 g/mol. The fraction of sp³-hybridized carbons (Fsp3) is 0.700. The molecule has 0 saturated carbocycles. The highest BCUT2D eigenvalue weighted by Gasteiger charge is 2.29. The molecule has 0 aromatic carbocycles. The molecule has 0 aliphatic carbocycles. The predicted molar refractivity (Wildman–Crippen MR) is 55.4 cm³/mol. The first-order valence-corrected chi connectivity index (χ1v) is 5.26. The molecule has 1 heterocycles. The zero-order valence-electron chi connectivity index (χ0n) is 9.41. The number of methoxy groups -OCH3 is 1. The lowest BCUT2D eigenvalue weighted by Gasteiger charge is -2.17. The first kappa shape index (κ1) is 12.5. The quantitative estimate of drug-likeness (QED) is 0.625. The van der Waals surface area contributed by atoms with Crippen molar-refractivity contribution >= 4 is 17.8 Å². The lowest BCUT2D eigenvalue weighted by Crippen LogP contribution is -2.48. The van der Waals surface area contributed by atoms with Crippen molar-refractivity contribution in [2.45, 2.75) is 38.3 Å². The Bertz CT molecular complexity index is 303. The van der Waals surface area contributed by atoms with Crippen LogP contribution in [0.4, 0.5) is 0 Å². The molecule has 6 nitrogen and oxygen atoms in total. The first-order chi connectivity index (χ1) is 7.58. The number of carbonyl (C=O) groups is 3. The zero-order chi connectivity index (χ0) is 12.1. The number of carbonyl (C=O) groups excluding carboxylic acids is 3. The Balaban J connectivity index is 2.49. The second kappa shape index (κ2) is 5.48. The summed E-state index contributed by atoms with van der Waals surface area (Å²) in [7, 11) is 1.27. The van der Waals surface area contributed by atoms with E-state index < -0.39 is 18.1 Å². The molecule has 0 aromatic heterocycles. The van der Waals surface area contributed by atoms with Crippen LogP contribution in [0.1, 0.15) is 26.2 Å². The van der Waals surface area contributed by atoms with E-state index in [1.807, 2.05) is 0 Å². The summed E-state index contributed by atoms with van der Waals surface area (Å²) in [6.45, 7) is 1.77. The molecule has 1 saturated heterocycles. The Morgan fingerprint density at radius 3 is 2.75 bits per heavy atom. The maximum Gasteiger partial charge on any atom is 0.328 e. The fourth-order valence-electron chi connectivity index (χ4n) is 1.55. The zero-order valence-corrected chi connectivity index (χ0v) is 9.41. The highest BCUT2D eigenvalue weighted by molar-refractivity contribution is 5.93. The van der Waals surface area contributed by atoms with Crippen LogP contribution in [-0.4, -0.2) is 37.0 Å². The molecule has 2 amide bonds. The van der Waals surface area contributed by atoms with Crippen LogP contribution in [0.3, 0.4) is 0 Å². The van der Waals surface area contributed by atoms with Gasteiger partial charge in [-0.25, -0.2) is 4.79 Å². The largest absolute Gasteiger partial charge is 0.467 e. The molecule has 0 radical (unpaired) electrons. The van der Waals surface area contributed by atoms with Crippen molar-refractivity contribution in [3.05, 3.63) is 0 Å². The molecule has 6 heteroatoms. The molecular formula is C10H16N2O4. The highest BCUT2D eigenvalue weighted by atomic mass is 16.5. The van der Waals surface area contributed by atoms with Gasteiger partial charge < -0.3 is 15.4 Å². The van der Waals surface area contributed by atoms with Crippen LogP contribution in [-0.2, 0) is 19.1 Å². The first-order valence-electron chi connectivity index (χ1n) is 5.26. The van der Waals surface area contributed by atoms with E-state index in [1.54, 1.807) is 6.92 Å². The monoisotopic (exact) mass is 228 g/mol. The van der Waals surface area contributed by atoms with Gasteiger partial charge in [0.2, 0.25) is 11.8 Å². The second-order valence-corrected chi connectivity index (χ2v) is 3.65. The molecule has 2 N–H and O–H groups in total. The number of hydrogen-bond donors (Lipinski definition) is 2. The fourth-order valence-corrected chi connectivity index (χ4v) is 1.55. The van der Waals surface area contributed by atoms with Crippen LogP contribution in [0.25, 0.3) is 0 Å². The molecule has 0 unspecified atom stereocenters. The molecule has 16 heavy (non-hydrogen) atoms. The van der Waals surface area contributed by atoms with Gasteiger partial charge in [0, 0.05) is 6.42 Å². The number of amides is 2.